The number of rotatable bonds is 4. The number of aryl methyl sites for hydroxylation is 1. The normalized spacial score (nSPS) is 22.3. The molecule has 0 N–H and O–H groups in total. The lowest BCUT2D eigenvalue weighted by atomic mass is 9.73. The quantitative estimate of drug-likeness (QED) is 0.816. The van der Waals surface area contributed by atoms with Gasteiger partial charge >= 0.3 is 0 Å². The highest BCUT2D eigenvalue weighted by atomic mass is 32.2. The first-order valence-electron chi connectivity index (χ1n) is 6.43. The Labute approximate surface area is 118 Å². The maximum absolute atomic E-state index is 11.1. The first kappa shape index (κ1) is 13.3. The largest absolute Gasteiger partial charge is 0.361 e. The van der Waals surface area contributed by atoms with E-state index in [9.17, 15) is 8.42 Å². The molecular weight excluding hydrogens is 282 g/mol. The van der Waals surface area contributed by atoms with Crippen LogP contribution in [0.4, 0.5) is 5.00 Å². The predicted molar refractivity (Wildman–Crippen MR) is 77.6 cm³/mol. The Morgan fingerprint density at radius 2 is 2.05 bits per heavy atom. The minimum Gasteiger partial charge on any atom is -0.361 e. The molecule has 3 heterocycles. The van der Waals surface area contributed by atoms with E-state index in [1.165, 1.54) is 11.3 Å². The zero-order valence-corrected chi connectivity index (χ0v) is 12.9. The van der Waals surface area contributed by atoms with Crippen molar-refractivity contribution in [3.63, 3.8) is 0 Å². The number of sulfone groups is 1. The van der Waals surface area contributed by atoms with Crippen LogP contribution in [-0.4, -0.2) is 63.0 Å². The van der Waals surface area contributed by atoms with Crippen LogP contribution in [0.25, 0.3) is 0 Å². The van der Waals surface area contributed by atoms with Crippen molar-refractivity contribution in [2.24, 2.45) is 5.41 Å². The molecule has 19 heavy (non-hydrogen) atoms. The van der Waals surface area contributed by atoms with Crippen molar-refractivity contribution in [1.82, 2.24) is 9.88 Å². The van der Waals surface area contributed by atoms with E-state index in [0.29, 0.717) is 12.0 Å². The van der Waals surface area contributed by atoms with Crippen molar-refractivity contribution in [2.75, 3.05) is 49.6 Å². The zero-order valence-electron chi connectivity index (χ0n) is 11.3. The summed E-state index contributed by atoms with van der Waals surface area (Å²) in [5.41, 5.74) is 0.412. The SMILES string of the molecule is Cc1ncc(N2CC3(CN(CCS(C)(=O)=O)C3)C2)s1. The number of aromatic nitrogens is 1. The monoisotopic (exact) mass is 301 g/mol. The summed E-state index contributed by atoms with van der Waals surface area (Å²) in [5.74, 6) is 0.279. The van der Waals surface area contributed by atoms with Gasteiger partial charge < -0.3 is 9.80 Å². The molecule has 0 unspecified atom stereocenters. The lowest BCUT2D eigenvalue weighted by molar-refractivity contribution is -0.0169. The predicted octanol–water partition coefficient (Wildman–Crippen LogP) is 0.618. The summed E-state index contributed by atoms with van der Waals surface area (Å²) in [6.45, 7) is 6.96. The van der Waals surface area contributed by atoms with Crippen LogP contribution < -0.4 is 4.90 Å². The average molecular weight is 301 g/mol. The Morgan fingerprint density at radius 1 is 1.37 bits per heavy atom. The number of hydrogen-bond donors (Lipinski definition) is 0. The molecule has 0 bridgehead atoms. The van der Waals surface area contributed by atoms with Crippen molar-refractivity contribution in [2.45, 2.75) is 6.92 Å². The molecule has 0 amide bonds. The van der Waals surface area contributed by atoms with Gasteiger partial charge in [0, 0.05) is 44.4 Å². The van der Waals surface area contributed by atoms with Crippen molar-refractivity contribution in [1.29, 1.82) is 0 Å². The maximum atomic E-state index is 11.1. The van der Waals surface area contributed by atoms with Crippen molar-refractivity contribution in [3.05, 3.63) is 11.2 Å². The molecule has 2 aliphatic heterocycles. The third kappa shape index (κ3) is 2.78. The molecule has 5 nitrogen and oxygen atoms in total. The van der Waals surface area contributed by atoms with Crippen molar-refractivity contribution in [3.8, 4) is 0 Å². The number of hydrogen-bond acceptors (Lipinski definition) is 6. The lowest BCUT2D eigenvalue weighted by Gasteiger charge is -2.60. The molecule has 0 atom stereocenters. The smallest absolute Gasteiger partial charge is 0.148 e. The van der Waals surface area contributed by atoms with Gasteiger partial charge in [-0.05, 0) is 6.92 Å². The molecule has 2 saturated heterocycles. The molecule has 106 valence electrons. The maximum Gasteiger partial charge on any atom is 0.148 e. The number of likely N-dealkylation sites (tertiary alicyclic amines) is 1. The molecule has 3 rings (SSSR count). The van der Waals surface area contributed by atoms with E-state index >= 15 is 0 Å². The number of anilines is 1. The molecule has 2 aliphatic rings. The molecule has 1 aromatic heterocycles. The highest BCUT2D eigenvalue weighted by molar-refractivity contribution is 7.90. The fraction of sp³-hybridized carbons (Fsp3) is 0.750. The first-order valence-corrected chi connectivity index (χ1v) is 9.30. The van der Waals surface area contributed by atoms with E-state index in [1.54, 1.807) is 11.3 Å². The second-order valence-corrected chi connectivity index (χ2v) is 9.39. The molecule has 2 fully saturated rings. The van der Waals surface area contributed by atoms with E-state index in [2.05, 4.69) is 14.8 Å². The molecule has 1 spiro atoms. The van der Waals surface area contributed by atoms with E-state index in [-0.39, 0.29) is 5.75 Å². The number of thiazole rings is 1. The van der Waals surface area contributed by atoms with E-state index in [0.717, 1.165) is 31.2 Å². The second kappa shape index (κ2) is 4.43. The summed E-state index contributed by atoms with van der Waals surface area (Å²) in [7, 11) is -2.83. The fourth-order valence-electron chi connectivity index (χ4n) is 2.97. The molecule has 0 aromatic carbocycles. The van der Waals surface area contributed by atoms with Gasteiger partial charge in [-0.2, -0.15) is 0 Å². The van der Waals surface area contributed by atoms with Crippen LogP contribution >= 0.6 is 11.3 Å². The molecule has 0 saturated carbocycles. The van der Waals surface area contributed by atoms with E-state index < -0.39 is 9.84 Å². The summed E-state index contributed by atoms with van der Waals surface area (Å²) >= 11 is 1.74. The van der Waals surface area contributed by atoms with Crippen molar-refractivity contribution >= 4 is 26.2 Å². The first-order chi connectivity index (χ1) is 8.85. The lowest BCUT2D eigenvalue weighted by Crippen LogP contribution is -2.72. The van der Waals surface area contributed by atoms with Crippen LogP contribution in [0.15, 0.2) is 6.20 Å². The van der Waals surface area contributed by atoms with Crippen LogP contribution in [0.3, 0.4) is 0 Å². The highest BCUT2D eigenvalue weighted by Gasteiger charge is 2.51. The van der Waals surface area contributed by atoms with Gasteiger partial charge in [0.2, 0.25) is 0 Å². The molecule has 1 aromatic rings. The molecular formula is C12H19N3O2S2. The average Bonchev–Trinajstić information content (AvgIpc) is 2.58. The summed E-state index contributed by atoms with van der Waals surface area (Å²) in [5, 5.41) is 2.37. The van der Waals surface area contributed by atoms with Crippen LogP contribution in [0.5, 0.6) is 0 Å². The van der Waals surface area contributed by atoms with Gasteiger partial charge in [-0.15, -0.1) is 11.3 Å². The van der Waals surface area contributed by atoms with Crippen LogP contribution in [-0.2, 0) is 9.84 Å². The van der Waals surface area contributed by atoms with Crippen LogP contribution in [0, 0.1) is 12.3 Å². The third-order valence-corrected chi connectivity index (χ3v) is 5.77. The topological polar surface area (TPSA) is 53.5 Å². The van der Waals surface area contributed by atoms with Gasteiger partial charge in [0.05, 0.1) is 17.0 Å². The highest BCUT2D eigenvalue weighted by Crippen LogP contribution is 2.42. The van der Waals surface area contributed by atoms with Gasteiger partial charge in [-0.25, -0.2) is 13.4 Å². The minimum absolute atomic E-state index is 0.279. The Bertz CT molecular complexity index is 568. The summed E-state index contributed by atoms with van der Waals surface area (Å²) in [6, 6.07) is 0. The van der Waals surface area contributed by atoms with Crippen LogP contribution in [0.1, 0.15) is 5.01 Å². The van der Waals surface area contributed by atoms with E-state index in [4.69, 9.17) is 0 Å². The second-order valence-electron chi connectivity index (χ2n) is 5.91. The molecule has 0 aliphatic carbocycles. The Morgan fingerprint density at radius 3 is 2.58 bits per heavy atom. The van der Waals surface area contributed by atoms with Gasteiger partial charge in [-0.1, -0.05) is 0 Å². The third-order valence-electron chi connectivity index (χ3n) is 3.87. The van der Waals surface area contributed by atoms with Gasteiger partial charge in [0.15, 0.2) is 0 Å². The summed E-state index contributed by atoms with van der Waals surface area (Å²) in [4.78, 5) is 8.90. The molecule has 7 heteroatoms. The molecule has 0 radical (unpaired) electrons. The number of nitrogens with zero attached hydrogens (tertiary/aromatic N) is 3. The van der Waals surface area contributed by atoms with Crippen LogP contribution in [0.2, 0.25) is 0 Å². The van der Waals surface area contributed by atoms with Gasteiger partial charge in [-0.3, -0.25) is 0 Å². The minimum atomic E-state index is -2.83. The fourth-order valence-corrected chi connectivity index (χ4v) is 4.33. The Kier molecular flexibility index (Phi) is 3.11. The summed E-state index contributed by atoms with van der Waals surface area (Å²) in [6.07, 6.45) is 3.26. The van der Waals surface area contributed by atoms with Crippen molar-refractivity contribution < 1.29 is 8.42 Å². The van der Waals surface area contributed by atoms with Gasteiger partial charge in [0.1, 0.15) is 14.8 Å². The summed E-state index contributed by atoms with van der Waals surface area (Å²) < 4.78 is 22.2. The standard InChI is InChI=1S/C12H19N3O2S2/c1-10-13-5-11(18-10)15-8-12(9-15)6-14(7-12)3-4-19(2,16)17/h5H,3-4,6-9H2,1-2H3. The zero-order chi connectivity index (χ0) is 13.7. The van der Waals surface area contributed by atoms with Gasteiger partial charge in [0.25, 0.3) is 0 Å². The Hall–Kier alpha value is -0.660. The van der Waals surface area contributed by atoms with E-state index in [1.807, 2.05) is 13.1 Å². The Balaban J connectivity index is 1.45.